The minimum atomic E-state index is 0.679. The third-order valence-electron chi connectivity index (χ3n) is 2.06. The van der Waals surface area contributed by atoms with Crippen molar-refractivity contribution in [2.45, 2.75) is 0 Å². The normalized spacial score (nSPS) is 10.2. The van der Waals surface area contributed by atoms with Crippen molar-refractivity contribution < 1.29 is 0 Å². The van der Waals surface area contributed by atoms with Crippen LogP contribution in [0.15, 0.2) is 36.5 Å². The number of rotatable bonds is 1. The summed E-state index contributed by atoms with van der Waals surface area (Å²) in [5.74, 6) is 1.58. The fourth-order valence-electron chi connectivity index (χ4n) is 1.28. The third kappa shape index (κ3) is 1.28. The summed E-state index contributed by atoms with van der Waals surface area (Å²) >= 11 is 0. The average Bonchev–Trinajstić information content (AvgIpc) is 2.49. The highest BCUT2D eigenvalue weighted by Gasteiger charge is 2.04. The number of imidazole rings is 1. The van der Waals surface area contributed by atoms with Crippen LogP contribution in [0.4, 0.5) is 5.82 Å². The molecule has 2 rings (SSSR count). The summed E-state index contributed by atoms with van der Waals surface area (Å²) in [7, 11) is 1.91. The molecule has 13 heavy (non-hydrogen) atoms. The first-order valence-electron chi connectivity index (χ1n) is 4.11. The van der Waals surface area contributed by atoms with Gasteiger partial charge in [0.1, 0.15) is 11.6 Å². The van der Waals surface area contributed by atoms with Crippen LogP contribution in [0, 0.1) is 0 Å². The molecule has 0 radical (unpaired) electrons. The molecule has 0 fully saturated rings. The van der Waals surface area contributed by atoms with Crippen LogP contribution in [0.25, 0.3) is 11.4 Å². The number of aromatic nitrogens is 2. The van der Waals surface area contributed by atoms with E-state index < -0.39 is 0 Å². The minimum absolute atomic E-state index is 0.679. The Balaban J connectivity index is 2.53. The first-order valence-corrected chi connectivity index (χ1v) is 4.11. The van der Waals surface area contributed by atoms with E-state index in [0.717, 1.165) is 11.4 Å². The highest BCUT2D eigenvalue weighted by atomic mass is 15.1. The molecule has 0 aliphatic carbocycles. The van der Waals surface area contributed by atoms with Crippen molar-refractivity contribution in [1.29, 1.82) is 0 Å². The first kappa shape index (κ1) is 7.86. The maximum Gasteiger partial charge on any atom is 0.141 e. The van der Waals surface area contributed by atoms with Gasteiger partial charge in [-0.1, -0.05) is 30.3 Å². The summed E-state index contributed by atoms with van der Waals surface area (Å²) in [6.07, 6.45) is 1.67. The standard InChI is InChI=1S/C10H11N3/c1-13-9(11)7-12-10(13)8-5-3-2-4-6-8/h2-7H,11H2,1H3. The lowest BCUT2D eigenvalue weighted by atomic mass is 10.2. The molecule has 2 N–H and O–H groups in total. The zero-order chi connectivity index (χ0) is 9.26. The van der Waals surface area contributed by atoms with E-state index in [4.69, 9.17) is 5.73 Å². The van der Waals surface area contributed by atoms with Gasteiger partial charge in [0.15, 0.2) is 0 Å². The SMILES string of the molecule is Cn1c(N)cnc1-c1ccccc1. The fraction of sp³-hybridized carbons (Fsp3) is 0.100. The predicted molar refractivity (Wildman–Crippen MR) is 53.1 cm³/mol. The molecule has 0 amide bonds. The Morgan fingerprint density at radius 1 is 1.23 bits per heavy atom. The van der Waals surface area contributed by atoms with Gasteiger partial charge in [0, 0.05) is 12.6 Å². The average molecular weight is 173 g/mol. The Kier molecular flexibility index (Phi) is 1.77. The quantitative estimate of drug-likeness (QED) is 0.712. The number of hydrogen-bond acceptors (Lipinski definition) is 2. The van der Waals surface area contributed by atoms with Crippen LogP contribution >= 0.6 is 0 Å². The molecule has 1 aromatic heterocycles. The minimum Gasteiger partial charge on any atom is -0.384 e. The van der Waals surface area contributed by atoms with Crippen molar-refractivity contribution in [2.24, 2.45) is 7.05 Å². The van der Waals surface area contributed by atoms with Crippen LogP contribution in [0.5, 0.6) is 0 Å². The van der Waals surface area contributed by atoms with Gasteiger partial charge in [-0.05, 0) is 0 Å². The van der Waals surface area contributed by atoms with Crippen molar-refractivity contribution in [3.63, 3.8) is 0 Å². The van der Waals surface area contributed by atoms with Crippen LogP contribution in [0.1, 0.15) is 0 Å². The third-order valence-corrected chi connectivity index (χ3v) is 2.06. The largest absolute Gasteiger partial charge is 0.384 e. The Bertz CT molecular complexity index is 403. The number of benzene rings is 1. The van der Waals surface area contributed by atoms with Crippen molar-refractivity contribution in [3.8, 4) is 11.4 Å². The van der Waals surface area contributed by atoms with Gasteiger partial charge >= 0.3 is 0 Å². The van der Waals surface area contributed by atoms with Crippen LogP contribution in [-0.4, -0.2) is 9.55 Å². The smallest absolute Gasteiger partial charge is 0.141 e. The molecule has 0 saturated heterocycles. The summed E-state index contributed by atoms with van der Waals surface area (Å²) in [6.45, 7) is 0. The van der Waals surface area contributed by atoms with Gasteiger partial charge in [-0.2, -0.15) is 0 Å². The van der Waals surface area contributed by atoms with Crippen LogP contribution in [-0.2, 0) is 7.05 Å². The van der Waals surface area contributed by atoms with Crippen molar-refractivity contribution in [2.75, 3.05) is 5.73 Å². The molecule has 0 saturated carbocycles. The fourth-order valence-corrected chi connectivity index (χ4v) is 1.28. The summed E-state index contributed by atoms with van der Waals surface area (Å²) in [5, 5.41) is 0. The molecular weight excluding hydrogens is 162 g/mol. The zero-order valence-corrected chi connectivity index (χ0v) is 7.44. The predicted octanol–water partition coefficient (Wildman–Crippen LogP) is 1.67. The monoisotopic (exact) mass is 173 g/mol. The molecule has 0 spiro atoms. The maximum absolute atomic E-state index is 5.68. The summed E-state index contributed by atoms with van der Waals surface area (Å²) in [6, 6.07) is 9.99. The summed E-state index contributed by atoms with van der Waals surface area (Å²) < 4.78 is 1.87. The Hall–Kier alpha value is -1.77. The summed E-state index contributed by atoms with van der Waals surface area (Å²) in [4.78, 5) is 4.22. The number of nitrogens with two attached hydrogens (primary N) is 1. The molecule has 3 nitrogen and oxygen atoms in total. The van der Waals surface area contributed by atoms with E-state index in [1.165, 1.54) is 0 Å². The van der Waals surface area contributed by atoms with Crippen LogP contribution < -0.4 is 5.73 Å². The van der Waals surface area contributed by atoms with Crippen LogP contribution in [0.3, 0.4) is 0 Å². The van der Waals surface area contributed by atoms with Gasteiger partial charge in [0.25, 0.3) is 0 Å². The van der Waals surface area contributed by atoms with Gasteiger partial charge in [-0.25, -0.2) is 4.98 Å². The molecule has 66 valence electrons. The lowest BCUT2D eigenvalue weighted by Crippen LogP contribution is -1.97. The zero-order valence-electron chi connectivity index (χ0n) is 7.44. The number of nitrogen functional groups attached to an aromatic ring is 1. The van der Waals surface area contributed by atoms with Gasteiger partial charge in [0.05, 0.1) is 6.20 Å². The highest BCUT2D eigenvalue weighted by molar-refractivity contribution is 5.58. The van der Waals surface area contributed by atoms with Gasteiger partial charge < -0.3 is 10.3 Å². The Labute approximate surface area is 76.8 Å². The van der Waals surface area contributed by atoms with Gasteiger partial charge in [-0.3, -0.25) is 0 Å². The van der Waals surface area contributed by atoms with E-state index in [0.29, 0.717) is 5.82 Å². The number of hydrogen-bond donors (Lipinski definition) is 1. The molecule has 1 aromatic carbocycles. The lowest BCUT2D eigenvalue weighted by Gasteiger charge is -2.01. The molecule has 0 bridgehead atoms. The summed E-state index contributed by atoms with van der Waals surface area (Å²) in [5.41, 5.74) is 6.76. The van der Waals surface area contributed by atoms with Crippen molar-refractivity contribution in [1.82, 2.24) is 9.55 Å². The van der Waals surface area contributed by atoms with E-state index >= 15 is 0 Å². The van der Waals surface area contributed by atoms with Crippen molar-refractivity contribution in [3.05, 3.63) is 36.5 Å². The lowest BCUT2D eigenvalue weighted by molar-refractivity contribution is 0.937. The van der Waals surface area contributed by atoms with Crippen molar-refractivity contribution >= 4 is 5.82 Å². The molecule has 0 aliphatic heterocycles. The van der Waals surface area contributed by atoms with E-state index in [2.05, 4.69) is 4.98 Å². The first-order chi connectivity index (χ1) is 6.29. The number of anilines is 1. The maximum atomic E-state index is 5.68. The van der Waals surface area contributed by atoms with E-state index in [1.807, 2.05) is 41.9 Å². The molecule has 0 atom stereocenters. The molecular formula is C10H11N3. The van der Waals surface area contributed by atoms with E-state index in [9.17, 15) is 0 Å². The molecule has 3 heteroatoms. The molecule has 2 aromatic rings. The second kappa shape index (κ2) is 2.94. The number of nitrogens with zero attached hydrogens (tertiary/aromatic N) is 2. The Morgan fingerprint density at radius 2 is 1.92 bits per heavy atom. The second-order valence-electron chi connectivity index (χ2n) is 2.93. The molecule has 1 heterocycles. The second-order valence-corrected chi connectivity index (χ2v) is 2.93. The topological polar surface area (TPSA) is 43.8 Å². The highest BCUT2D eigenvalue weighted by Crippen LogP contribution is 2.18. The van der Waals surface area contributed by atoms with E-state index in [-0.39, 0.29) is 0 Å². The van der Waals surface area contributed by atoms with Crippen LogP contribution in [0.2, 0.25) is 0 Å². The Morgan fingerprint density at radius 3 is 2.46 bits per heavy atom. The van der Waals surface area contributed by atoms with E-state index in [1.54, 1.807) is 6.20 Å². The molecule has 0 unspecified atom stereocenters. The van der Waals surface area contributed by atoms with Gasteiger partial charge in [0.2, 0.25) is 0 Å². The van der Waals surface area contributed by atoms with Gasteiger partial charge in [-0.15, -0.1) is 0 Å². The molecule has 0 aliphatic rings.